The summed E-state index contributed by atoms with van der Waals surface area (Å²) < 4.78 is 1.85. The Morgan fingerprint density at radius 3 is 2.77 bits per heavy atom. The number of amides is 2. The van der Waals surface area contributed by atoms with E-state index in [-0.39, 0.29) is 11.6 Å². The van der Waals surface area contributed by atoms with Crippen molar-refractivity contribution in [3.05, 3.63) is 88.6 Å². The number of urea groups is 1. The van der Waals surface area contributed by atoms with Gasteiger partial charge in [-0.1, -0.05) is 42.5 Å². The van der Waals surface area contributed by atoms with E-state index in [1.54, 1.807) is 6.20 Å². The number of rotatable bonds is 1. The van der Waals surface area contributed by atoms with Gasteiger partial charge >= 0.3 is 6.03 Å². The van der Waals surface area contributed by atoms with Crippen molar-refractivity contribution >= 4 is 17.4 Å². The summed E-state index contributed by atoms with van der Waals surface area (Å²) in [6.07, 6.45) is 5.08. The molecule has 0 saturated carbocycles. The second-order valence-electron chi connectivity index (χ2n) is 7.76. The van der Waals surface area contributed by atoms with Gasteiger partial charge in [0.15, 0.2) is 0 Å². The van der Waals surface area contributed by atoms with E-state index in [9.17, 15) is 9.59 Å². The Balaban J connectivity index is 1.59. The van der Waals surface area contributed by atoms with Crippen molar-refractivity contribution < 1.29 is 4.79 Å². The standard InChI is InChI=1S/C23H19N5O2/c29-21-20-24-12-14-27(20)19-18(26-21)16-9-4-5-10-17(16)23(19)11-6-13-28(23)22(30)25-15-7-2-1-3-8-15/h1-5,7-10,12,14H,6,11,13H2,(H,25,30)(H,26,29). The predicted molar refractivity (Wildman–Crippen MR) is 113 cm³/mol. The average molecular weight is 397 g/mol. The van der Waals surface area contributed by atoms with E-state index in [1.165, 1.54) is 0 Å². The first-order valence-electron chi connectivity index (χ1n) is 10.0. The van der Waals surface area contributed by atoms with Gasteiger partial charge in [-0.15, -0.1) is 0 Å². The first-order valence-corrected chi connectivity index (χ1v) is 10.0. The van der Waals surface area contributed by atoms with E-state index >= 15 is 0 Å². The molecule has 30 heavy (non-hydrogen) atoms. The number of para-hydroxylation sites is 1. The van der Waals surface area contributed by atoms with E-state index < -0.39 is 5.54 Å². The lowest BCUT2D eigenvalue weighted by Crippen LogP contribution is -2.47. The molecular weight excluding hydrogens is 378 g/mol. The number of imidazole rings is 1. The number of aromatic amines is 1. The number of carbonyl (C=O) groups is 1. The minimum atomic E-state index is -0.659. The van der Waals surface area contributed by atoms with Gasteiger partial charge in [-0.05, 0) is 30.5 Å². The van der Waals surface area contributed by atoms with Crippen molar-refractivity contribution in [3.8, 4) is 11.3 Å². The highest BCUT2D eigenvalue weighted by Gasteiger charge is 2.54. The van der Waals surface area contributed by atoms with Crippen LogP contribution in [0.4, 0.5) is 10.5 Å². The minimum absolute atomic E-state index is 0.152. The van der Waals surface area contributed by atoms with Gasteiger partial charge in [-0.25, -0.2) is 9.78 Å². The largest absolute Gasteiger partial charge is 0.322 e. The molecule has 1 aliphatic carbocycles. The fraction of sp³-hybridized carbons (Fsp3) is 0.174. The van der Waals surface area contributed by atoms with E-state index in [2.05, 4.69) is 21.4 Å². The van der Waals surface area contributed by atoms with Gasteiger partial charge in [0, 0.05) is 30.2 Å². The molecule has 2 amide bonds. The summed E-state index contributed by atoms with van der Waals surface area (Å²) in [5.41, 5.74) is 3.87. The summed E-state index contributed by atoms with van der Waals surface area (Å²) in [5, 5.41) is 3.04. The zero-order valence-corrected chi connectivity index (χ0v) is 16.1. The van der Waals surface area contributed by atoms with Crippen molar-refractivity contribution in [3.63, 3.8) is 0 Å². The van der Waals surface area contributed by atoms with Crippen molar-refractivity contribution in [2.24, 2.45) is 0 Å². The molecule has 3 heterocycles. The molecule has 1 saturated heterocycles. The molecule has 1 fully saturated rings. The number of hydrogen-bond donors (Lipinski definition) is 2. The number of fused-ring (bicyclic) bond motifs is 7. The predicted octanol–water partition coefficient (Wildman–Crippen LogP) is 3.57. The Labute approximate surface area is 172 Å². The smallest absolute Gasteiger partial charge is 0.317 e. The van der Waals surface area contributed by atoms with Crippen LogP contribution in [0.5, 0.6) is 0 Å². The summed E-state index contributed by atoms with van der Waals surface area (Å²) in [5.74, 6) is 0. The highest BCUT2D eigenvalue weighted by atomic mass is 16.2. The van der Waals surface area contributed by atoms with Crippen LogP contribution >= 0.6 is 0 Å². The molecule has 7 nitrogen and oxygen atoms in total. The number of carbonyl (C=O) groups excluding carboxylic acids is 1. The quantitative estimate of drug-likeness (QED) is 0.515. The maximum atomic E-state index is 13.5. The number of nitrogens with zero attached hydrogens (tertiary/aromatic N) is 3. The van der Waals surface area contributed by atoms with Gasteiger partial charge in [-0.3, -0.25) is 9.20 Å². The van der Waals surface area contributed by atoms with Gasteiger partial charge < -0.3 is 15.2 Å². The molecule has 2 aromatic heterocycles. The Kier molecular flexibility index (Phi) is 3.44. The van der Waals surface area contributed by atoms with E-state index in [0.717, 1.165) is 41.0 Å². The lowest BCUT2D eigenvalue weighted by Gasteiger charge is -2.37. The first kappa shape index (κ1) is 17.0. The highest BCUT2D eigenvalue weighted by Crippen LogP contribution is 2.54. The molecule has 2 N–H and O–H groups in total. The van der Waals surface area contributed by atoms with Crippen LogP contribution in [0.2, 0.25) is 0 Å². The van der Waals surface area contributed by atoms with E-state index in [1.807, 2.05) is 64.0 Å². The number of benzene rings is 2. The molecular formula is C23H19N5O2. The highest BCUT2D eigenvalue weighted by molar-refractivity contribution is 5.92. The molecule has 1 unspecified atom stereocenters. The normalized spacial score (nSPS) is 19.3. The van der Waals surface area contributed by atoms with Crippen molar-refractivity contribution in [2.75, 3.05) is 11.9 Å². The molecule has 1 spiro atoms. The molecule has 1 aliphatic heterocycles. The van der Waals surface area contributed by atoms with Crippen molar-refractivity contribution in [1.82, 2.24) is 19.3 Å². The Hall–Kier alpha value is -3.87. The Morgan fingerprint density at radius 2 is 1.90 bits per heavy atom. The van der Waals surface area contributed by atoms with Crippen LogP contribution in [0.1, 0.15) is 24.1 Å². The van der Waals surface area contributed by atoms with Crippen LogP contribution in [0.25, 0.3) is 16.9 Å². The number of anilines is 1. The van der Waals surface area contributed by atoms with Gasteiger partial charge in [0.2, 0.25) is 5.65 Å². The van der Waals surface area contributed by atoms with E-state index in [0.29, 0.717) is 12.2 Å². The average Bonchev–Trinajstić information content (AvgIpc) is 3.48. The zero-order chi connectivity index (χ0) is 20.3. The third-order valence-corrected chi connectivity index (χ3v) is 6.25. The van der Waals surface area contributed by atoms with Crippen LogP contribution in [0.15, 0.2) is 71.8 Å². The molecule has 1 atom stereocenters. The van der Waals surface area contributed by atoms with Gasteiger partial charge in [0.1, 0.15) is 5.54 Å². The van der Waals surface area contributed by atoms with Gasteiger partial charge in [0.05, 0.1) is 11.4 Å². The summed E-state index contributed by atoms with van der Waals surface area (Å²) in [4.78, 5) is 35.3. The van der Waals surface area contributed by atoms with Crippen molar-refractivity contribution in [2.45, 2.75) is 18.4 Å². The van der Waals surface area contributed by atoms with Gasteiger partial charge in [-0.2, -0.15) is 0 Å². The second kappa shape index (κ2) is 6.06. The zero-order valence-electron chi connectivity index (χ0n) is 16.1. The molecule has 0 bridgehead atoms. The summed E-state index contributed by atoms with van der Waals surface area (Å²) in [6, 6.07) is 17.3. The molecule has 2 aliphatic rings. The fourth-order valence-corrected chi connectivity index (χ4v) is 5.12. The summed E-state index contributed by atoms with van der Waals surface area (Å²) >= 11 is 0. The molecule has 0 radical (unpaired) electrons. The lowest BCUT2D eigenvalue weighted by atomic mass is 9.87. The third kappa shape index (κ3) is 2.11. The molecule has 6 rings (SSSR count). The monoisotopic (exact) mass is 397 g/mol. The van der Waals surface area contributed by atoms with E-state index in [4.69, 9.17) is 0 Å². The van der Waals surface area contributed by atoms with Crippen LogP contribution in [0, 0.1) is 0 Å². The summed E-state index contributed by atoms with van der Waals surface area (Å²) in [6.45, 7) is 0.627. The number of nitrogens with one attached hydrogen (secondary N) is 2. The third-order valence-electron chi connectivity index (χ3n) is 6.25. The minimum Gasteiger partial charge on any atom is -0.317 e. The Bertz CT molecular complexity index is 1360. The summed E-state index contributed by atoms with van der Waals surface area (Å²) in [7, 11) is 0. The SMILES string of the molecule is O=C(Nc1ccccc1)N1CCCC12c1ccccc1-c1[nH]c(=O)c3nccn3c12. The topological polar surface area (TPSA) is 82.5 Å². The number of likely N-dealkylation sites (tertiary alicyclic amines) is 1. The van der Waals surface area contributed by atoms with Crippen LogP contribution in [-0.2, 0) is 5.54 Å². The first-order chi connectivity index (χ1) is 14.7. The van der Waals surface area contributed by atoms with Crippen LogP contribution < -0.4 is 10.9 Å². The van der Waals surface area contributed by atoms with Gasteiger partial charge in [0.25, 0.3) is 5.56 Å². The molecule has 148 valence electrons. The second-order valence-corrected chi connectivity index (χ2v) is 7.76. The number of aromatic nitrogens is 3. The number of H-pyrrole nitrogens is 1. The van der Waals surface area contributed by atoms with Crippen molar-refractivity contribution in [1.29, 1.82) is 0 Å². The lowest BCUT2D eigenvalue weighted by molar-refractivity contribution is 0.178. The molecule has 7 heteroatoms. The van der Waals surface area contributed by atoms with Crippen LogP contribution in [0.3, 0.4) is 0 Å². The molecule has 4 aromatic rings. The Morgan fingerprint density at radius 1 is 1.10 bits per heavy atom. The maximum Gasteiger partial charge on any atom is 0.322 e. The van der Waals surface area contributed by atoms with Crippen LogP contribution in [-0.4, -0.2) is 31.8 Å². The maximum absolute atomic E-state index is 13.5. The number of hydrogen-bond acceptors (Lipinski definition) is 3. The molecule has 2 aromatic carbocycles. The fourth-order valence-electron chi connectivity index (χ4n) is 5.12.